The molecule has 1 saturated carbocycles. The van der Waals surface area contributed by atoms with Gasteiger partial charge >= 0.3 is 0 Å². The van der Waals surface area contributed by atoms with Gasteiger partial charge in [-0.05, 0) is 25.3 Å². The molecule has 0 radical (unpaired) electrons. The minimum Gasteiger partial charge on any atom is -0.349 e. The van der Waals surface area contributed by atoms with Gasteiger partial charge in [0.1, 0.15) is 5.56 Å². The van der Waals surface area contributed by atoms with E-state index in [0.29, 0.717) is 5.56 Å². The molecule has 5 nitrogen and oxygen atoms in total. The van der Waals surface area contributed by atoms with Gasteiger partial charge in [-0.2, -0.15) is 0 Å². The van der Waals surface area contributed by atoms with Crippen molar-refractivity contribution in [1.29, 1.82) is 0 Å². The van der Waals surface area contributed by atoms with Crippen LogP contribution in [0, 0.1) is 17.0 Å². The van der Waals surface area contributed by atoms with Crippen molar-refractivity contribution in [2.45, 2.75) is 45.1 Å². The van der Waals surface area contributed by atoms with E-state index in [1.165, 1.54) is 12.5 Å². The van der Waals surface area contributed by atoms with Crippen molar-refractivity contribution in [2.75, 3.05) is 0 Å². The molecule has 1 aliphatic carbocycles. The van der Waals surface area contributed by atoms with E-state index in [-0.39, 0.29) is 23.2 Å². The van der Waals surface area contributed by atoms with Crippen molar-refractivity contribution in [3.63, 3.8) is 0 Å². The zero-order chi connectivity index (χ0) is 13.8. The number of nitrogens with one attached hydrogen (secondary N) is 1. The van der Waals surface area contributed by atoms with Gasteiger partial charge in [-0.1, -0.05) is 31.4 Å². The van der Waals surface area contributed by atoms with E-state index < -0.39 is 4.92 Å². The summed E-state index contributed by atoms with van der Waals surface area (Å²) in [5.41, 5.74) is 0.717. The number of amides is 1. The van der Waals surface area contributed by atoms with E-state index in [2.05, 4.69) is 5.32 Å². The molecule has 0 saturated heterocycles. The summed E-state index contributed by atoms with van der Waals surface area (Å²) in [6.45, 7) is 1.72. The third-order valence-electron chi connectivity index (χ3n) is 3.61. The fourth-order valence-electron chi connectivity index (χ4n) is 2.60. The lowest BCUT2D eigenvalue weighted by Crippen LogP contribution is -2.36. The smallest absolute Gasteiger partial charge is 0.282 e. The largest absolute Gasteiger partial charge is 0.349 e. The van der Waals surface area contributed by atoms with E-state index in [9.17, 15) is 14.9 Å². The van der Waals surface area contributed by atoms with E-state index in [4.69, 9.17) is 0 Å². The summed E-state index contributed by atoms with van der Waals surface area (Å²) in [7, 11) is 0. The third-order valence-corrected chi connectivity index (χ3v) is 3.61. The van der Waals surface area contributed by atoms with Crippen LogP contribution in [-0.4, -0.2) is 16.9 Å². The average Bonchev–Trinajstić information content (AvgIpc) is 2.39. The highest BCUT2D eigenvalue weighted by Crippen LogP contribution is 2.23. The van der Waals surface area contributed by atoms with E-state index in [0.717, 1.165) is 25.7 Å². The molecule has 1 aromatic rings. The summed E-state index contributed by atoms with van der Waals surface area (Å²) < 4.78 is 0. The molecule has 102 valence electrons. The summed E-state index contributed by atoms with van der Waals surface area (Å²) in [6, 6.07) is 4.86. The lowest BCUT2D eigenvalue weighted by molar-refractivity contribution is -0.385. The summed E-state index contributed by atoms with van der Waals surface area (Å²) >= 11 is 0. The van der Waals surface area contributed by atoms with Gasteiger partial charge in [0.25, 0.3) is 11.6 Å². The molecular weight excluding hydrogens is 244 g/mol. The molecule has 19 heavy (non-hydrogen) atoms. The highest BCUT2D eigenvalue weighted by molar-refractivity contribution is 5.99. The number of aryl methyl sites for hydroxylation is 1. The molecule has 2 rings (SSSR count). The van der Waals surface area contributed by atoms with Gasteiger partial charge in [-0.3, -0.25) is 14.9 Å². The van der Waals surface area contributed by atoms with Crippen LogP contribution >= 0.6 is 0 Å². The van der Waals surface area contributed by atoms with Crippen LogP contribution in [-0.2, 0) is 0 Å². The van der Waals surface area contributed by atoms with E-state index >= 15 is 0 Å². The van der Waals surface area contributed by atoms with Crippen LogP contribution in [0.15, 0.2) is 18.2 Å². The van der Waals surface area contributed by atoms with Crippen LogP contribution in [0.4, 0.5) is 5.69 Å². The van der Waals surface area contributed by atoms with E-state index in [1.807, 2.05) is 0 Å². The number of hydrogen-bond acceptors (Lipinski definition) is 3. The first-order valence-corrected chi connectivity index (χ1v) is 6.64. The maximum absolute atomic E-state index is 12.2. The highest BCUT2D eigenvalue weighted by Gasteiger charge is 2.24. The zero-order valence-electron chi connectivity index (χ0n) is 11.0. The Morgan fingerprint density at radius 2 is 2.00 bits per heavy atom. The molecule has 5 heteroatoms. The maximum atomic E-state index is 12.2. The van der Waals surface area contributed by atoms with Gasteiger partial charge in [0.15, 0.2) is 0 Å². The lowest BCUT2D eigenvalue weighted by Gasteiger charge is -2.23. The van der Waals surface area contributed by atoms with Gasteiger partial charge in [0.2, 0.25) is 0 Å². The Bertz CT molecular complexity index is 493. The summed E-state index contributed by atoms with van der Waals surface area (Å²) in [5, 5.41) is 13.9. The molecule has 1 N–H and O–H groups in total. The minimum absolute atomic E-state index is 0.117. The Labute approximate surface area is 112 Å². The SMILES string of the molecule is Cc1cccc([N+](=O)[O-])c1C(=O)NC1CCCCC1. The molecule has 1 aliphatic rings. The Morgan fingerprint density at radius 3 is 2.63 bits per heavy atom. The molecule has 0 unspecified atom stereocenters. The van der Waals surface area contributed by atoms with Crippen LogP contribution in [0.2, 0.25) is 0 Å². The number of nitro groups is 1. The van der Waals surface area contributed by atoms with Crippen molar-refractivity contribution in [1.82, 2.24) is 5.32 Å². The Hall–Kier alpha value is -1.91. The molecule has 1 aromatic carbocycles. The zero-order valence-corrected chi connectivity index (χ0v) is 11.0. The van der Waals surface area contributed by atoms with Gasteiger partial charge in [-0.15, -0.1) is 0 Å². The normalized spacial score (nSPS) is 16.1. The molecule has 0 spiro atoms. The average molecular weight is 262 g/mol. The standard InChI is InChI=1S/C14H18N2O3/c1-10-6-5-9-12(16(18)19)13(10)14(17)15-11-7-3-2-4-8-11/h5-6,9,11H,2-4,7-8H2,1H3,(H,15,17). The summed E-state index contributed by atoms with van der Waals surface area (Å²) in [4.78, 5) is 22.7. The predicted molar refractivity (Wildman–Crippen MR) is 72.2 cm³/mol. The number of nitro benzene ring substituents is 1. The van der Waals surface area contributed by atoms with Crippen LogP contribution in [0.5, 0.6) is 0 Å². The molecule has 1 fully saturated rings. The molecular formula is C14H18N2O3. The van der Waals surface area contributed by atoms with Crippen LogP contribution in [0.25, 0.3) is 0 Å². The molecule has 1 amide bonds. The topological polar surface area (TPSA) is 72.2 Å². The second-order valence-electron chi connectivity index (χ2n) is 5.03. The number of carbonyl (C=O) groups excluding carboxylic acids is 1. The maximum Gasteiger partial charge on any atom is 0.282 e. The third kappa shape index (κ3) is 3.10. The lowest BCUT2D eigenvalue weighted by atomic mass is 9.95. The first-order chi connectivity index (χ1) is 9.09. The van der Waals surface area contributed by atoms with Crippen molar-refractivity contribution in [3.05, 3.63) is 39.4 Å². The van der Waals surface area contributed by atoms with Crippen molar-refractivity contribution >= 4 is 11.6 Å². The molecule has 0 atom stereocenters. The predicted octanol–water partition coefficient (Wildman–Crippen LogP) is 2.97. The van der Waals surface area contributed by atoms with E-state index in [1.54, 1.807) is 19.1 Å². The van der Waals surface area contributed by atoms with Crippen molar-refractivity contribution < 1.29 is 9.72 Å². The Balaban J connectivity index is 2.20. The highest BCUT2D eigenvalue weighted by atomic mass is 16.6. The van der Waals surface area contributed by atoms with Gasteiger partial charge in [0, 0.05) is 12.1 Å². The number of hydrogen-bond donors (Lipinski definition) is 1. The minimum atomic E-state index is -0.497. The van der Waals surface area contributed by atoms with Gasteiger partial charge < -0.3 is 5.32 Å². The van der Waals surface area contributed by atoms with Crippen LogP contribution in [0.3, 0.4) is 0 Å². The summed E-state index contributed by atoms with van der Waals surface area (Å²) in [6.07, 6.45) is 5.36. The molecule has 0 heterocycles. The van der Waals surface area contributed by atoms with Crippen molar-refractivity contribution in [2.24, 2.45) is 0 Å². The van der Waals surface area contributed by atoms with Crippen LogP contribution < -0.4 is 5.32 Å². The fourth-order valence-corrected chi connectivity index (χ4v) is 2.60. The second kappa shape index (κ2) is 5.82. The molecule has 0 aromatic heterocycles. The number of benzene rings is 1. The second-order valence-corrected chi connectivity index (χ2v) is 5.03. The molecule has 0 bridgehead atoms. The van der Waals surface area contributed by atoms with Crippen molar-refractivity contribution in [3.8, 4) is 0 Å². The van der Waals surface area contributed by atoms with Gasteiger partial charge in [0.05, 0.1) is 4.92 Å². The Kier molecular flexibility index (Phi) is 4.14. The fraction of sp³-hybridized carbons (Fsp3) is 0.500. The first-order valence-electron chi connectivity index (χ1n) is 6.64. The van der Waals surface area contributed by atoms with Crippen LogP contribution in [0.1, 0.15) is 48.0 Å². The summed E-state index contributed by atoms with van der Waals surface area (Å²) in [5.74, 6) is -0.322. The number of carbonyl (C=O) groups is 1. The number of nitrogens with zero attached hydrogens (tertiary/aromatic N) is 1. The number of rotatable bonds is 3. The first kappa shape index (κ1) is 13.5. The quantitative estimate of drug-likeness (QED) is 0.672. The molecule has 0 aliphatic heterocycles. The monoisotopic (exact) mass is 262 g/mol. The van der Waals surface area contributed by atoms with Gasteiger partial charge in [-0.25, -0.2) is 0 Å². The Morgan fingerprint density at radius 1 is 1.32 bits per heavy atom.